The number of aryl methyl sites for hydroxylation is 1. The monoisotopic (exact) mass is 378 g/mol. The number of anilines is 1. The number of amides is 1. The molecule has 0 aliphatic carbocycles. The first-order valence-electron chi connectivity index (χ1n) is 8.93. The number of carbonyl (C=O) groups is 1. The van der Waals surface area contributed by atoms with Crippen LogP contribution in [0.15, 0.2) is 59.6 Å². The second-order valence-electron chi connectivity index (χ2n) is 6.34. The summed E-state index contributed by atoms with van der Waals surface area (Å²) >= 11 is 6.36. The van der Waals surface area contributed by atoms with Gasteiger partial charge in [0.1, 0.15) is 5.69 Å². The van der Waals surface area contributed by atoms with Crippen LogP contribution in [0.3, 0.4) is 0 Å². The van der Waals surface area contributed by atoms with Crippen molar-refractivity contribution in [3.05, 3.63) is 70.9 Å². The van der Waals surface area contributed by atoms with E-state index in [1.165, 1.54) is 0 Å². The second-order valence-corrected chi connectivity index (χ2v) is 6.75. The molecule has 1 N–H and O–H groups in total. The quantitative estimate of drug-likeness (QED) is 0.736. The molecule has 2 aromatic carbocycles. The van der Waals surface area contributed by atoms with E-state index < -0.39 is 0 Å². The Morgan fingerprint density at radius 3 is 2.85 bits per heavy atom. The maximum atomic E-state index is 13.0. The van der Waals surface area contributed by atoms with Gasteiger partial charge in [-0.1, -0.05) is 48.9 Å². The summed E-state index contributed by atoms with van der Waals surface area (Å²) in [5.41, 5.74) is 3.09. The van der Waals surface area contributed by atoms with Crippen molar-refractivity contribution in [1.29, 1.82) is 0 Å². The van der Waals surface area contributed by atoms with Crippen molar-refractivity contribution in [2.75, 3.05) is 18.4 Å². The first kappa shape index (κ1) is 17.5. The molecule has 2 heterocycles. The number of para-hydroxylation sites is 1. The van der Waals surface area contributed by atoms with Crippen LogP contribution < -0.4 is 5.32 Å². The number of carbonyl (C=O) groups excluding carboxylic acids is 1. The Balaban J connectivity index is 1.57. The van der Waals surface area contributed by atoms with Crippen molar-refractivity contribution < 1.29 is 4.79 Å². The van der Waals surface area contributed by atoms with Gasteiger partial charge in [0.2, 0.25) is 5.96 Å². The Hall–Kier alpha value is -2.92. The van der Waals surface area contributed by atoms with Gasteiger partial charge in [-0.2, -0.15) is 0 Å². The molecule has 1 amide bonds. The summed E-state index contributed by atoms with van der Waals surface area (Å²) < 4.78 is 0. The fraction of sp³-hybridized carbons (Fsp3) is 0.190. The number of hydrogen-bond donors (Lipinski definition) is 1. The first-order valence-corrected chi connectivity index (χ1v) is 9.31. The smallest absolute Gasteiger partial charge is 0.279 e. The molecule has 0 radical (unpaired) electrons. The Morgan fingerprint density at radius 1 is 1.19 bits per heavy atom. The molecule has 0 unspecified atom stereocenters. The molecule has 1 aliphatic heterocycles. The Bertz CT molecular complexity index is 1050. The summed E-state index contributed by atoms with van der Waals surface area (Å²) in [5, 5.41) is 4.81. The number of aliphatic imine (C=N–C) groups is 1. The Kier molecular flexibility index (Phi) is 4.77. The van der Waals surface area contributed by atoms with Gasteiger partial charge in [-0.3, -0.25) is 14.7 Å². The molecule has 0 fully saturated rings. The maximum Gasteiger partial charge on any atom is 0.279 e. The number of halogens is 1. The van der Waals surface area contributed by atoms with Crippen LogP contribution >= 0.6 is 11.6 Å². The Labute approximate surface area is 162 Å². The highest BCUT2D eigenvalue weighted by Gasteiger charge is 2.26. The van der Waals surface area contributed by atoms with E-state index in [2.05, 4.69) is 22.2 Å². The summed E-state index contributed by atoms with van der Waals surface area (Å²) in [4.78, 5) is 23.5. The van der Waals surface area contributed by atoms with E-state index in [0.29, 0.717) is 29.8 Å². The van der Waals surface area contributed by atoms with E-state index in [9.17, 15) is 4.79 Å². The minimum Gasteiger partial charge on any atom is -0.324 e. The lowest BCUT2D eigenvalue weighted by Crippen LogP contribution is -2.38. The van der Waals surface area contributed by atoms with Crippen LogP contribution in [0.1, 0.15) is 23.0 Å². The average molecular weight is 379 g/mol. The van der Waals surface area contributed by atoms with Gasteiger partial charge in [0.15, 0.2) is 0 Å². The van der Waals surface area contributed by atoms with Gasteiger partial charge in [0, 0.05) is 11.9 Å². The zero-order valence-corrected chi connectivity index (χ0v) is 15.7. The van der Waals surface area contributed by atoms with E-state index in [0.717, 1.165) is 28.6 Å². The van der Waals surface area contributed by atoms with Gasteiger partial charge in [0.05, 0.1) is 22.8 Å². The van der Waals surface area contributed by atoms with Gasteiger partial charge >= 0.3 is 0 Å². The van der Waals surface area contributed by atoms with Crippen LogP contribution in [0.4, 0.5) is 5.69 Å². The molecule has 136 valence electrons. The number of aromatic nitrogens is 1. The van der Waals surface area contributed by atoms with Crippen molar-refractivity contribution in [2.24, 2.45) is 4.99 Å². The summed E-state index contributed by atoms with van der Waals surface area (Å²) in [6.45, 7) is 3.14. The number of nitrogens with one attached hydrogen (secondary N) is 1. The molecule has 0 saturated heterocycles. The van der Waals surface area contributed by atoms with Gasteiger partial charge in [-0.15, -0.1) is 0 Å². The summed E-state index contributed by atoms with van der Waals surface area (Å²) in [6, 6.07) is 17.3. The molecule has 3 aromatic rings. The topological polar surface area (TPSA) is 57.6 Å². The summed E-state index contributed by atoms with van der Waals surface area (Å²) in [5.74, 6) is 0.326. The van der Waals surface area contributed by atoms with Crippen molar-refractivity contribution in [2.45, 2.75) is 13.3 Å². The van der Waals surface area contributed by atoms with Crippen molar-refractivity contribution in [1.82, 2.24) is 9.88 Å². The van der Waals surface area contributed by atoms with Gasteiger partial charge in [-0.25, -0.2) is 4.98 Å². The third-order valence-electron chi connectivity index (χ3n) is 4.59. The van der Waals surface area contributed by atoms with Crippen molar-refractivity contribution in [3.8, 4) is 0 Å². The number of pyridine rings is 1. The highest BCUT2D eigenvalue weighted by Crippen LogP contribution is 2.24. The van der Waals surface area contributed by atoms with Crippen LogP contribution in [0.25, 0.3) is 10.9 Å². The minimum atomic E-state index is -0.175. The first-order chi connectivity index (χ1) is 13.2. The molecule has 0 saturated carbocycles. The number of fused-ring (bicyclic) bond motifs is 1. The molecule has 0 spiro atoms. The molecule has 5 nitrogen and oxygen atoms in total. The van der Waals surface area contributed by atoms with Crippen LogP contribution in [0.2, 0.25) is 5.02 Å². The van der Waals surface area contributed by atoms with Gasteiger partial charge in [-0.05, 0) is 36.2 Å². The number of benzene rings is 2. The van der Waals surface area contributed by atoms with Crippen molar-refractivity contribution in [3.63, 3.8) is 0 Å². The Morgan fingerprint density at radius 2 is 2.04 bits per heavy atom. The van der Waals surface area contributed by atoms with Gasteiger partial charge in [0.25, 0.3) is 5.91 Å². The molecular formula is C21H19ClN4O. The number of rotatable bonds is 3. The highest BCUT2D eigenvalue weighted by molar-refractivity contribution is 6.34. The molecule has 1 aliphatic rings. The lowest BCUT2D eigenvalue weighted by molar-refractivity contribution is 0.0852. The van der Waals surface area contributed by atoms with E-state index >= 15 is 0 Å². The molecule has 27 heavy (non-hydrogen) atoms. The lowest BCUT2D eigenvalue weighted by Gasteiger charge is -2.19. The third kappa shape index (κ3) is 3.51. The number of nitrogens with zero attached hydrogens (tertiary/aromatic N) is 3. The van der Waals surface area contributed by atoms with Crippen molar-refractivity contribution >= 4 is 40.1 Å². The van der Waals surface area contributed by atoms with E-state index in [1.54, 1.807) is 11.0 Å². The van der Waals surface area contributed by atoms with E-state index in [-0.39, 0.29) is 5.91 Å². The zero-order valence-electron chi connectivity index (χ0n) is 14.9. The fourth-order valence-electron chi connectivity index (χ4n) is 3.08. The molecular weight excluding hydrogens is 360 g/mol. The third-order valence-corrected chi connectivity index (χ3v) is 4.90. The minimum absolute atomic E-state index is 0.175. The summed E-state index contributed by atoms with van der Waals surface area (Å²) in [6.07, 6.45) is 0.916. The molecule has 6 heteroatoms. The van der Waals surface area contributed by atoms with Gasteiger partial charge < -0.3 is 5.32 Å². The SMILES string of the molecule is CCc1ccc(NC2=NCCN2C(=O)c2ccc3ccccc3n2)c(Cl)c1. The van der Waals surface area contributed by atoms with E-state index in [4.69, 9.17) is 11.6 Å². The summed E-state index contributed by atoms with van der Waals surface area (Å²) in [7, 11) is 0. The maximum absolute atomic E-state index is 13.0. The molecule has 0 bridgehead atoms. The molecule has 4 rings (SSSR count). The van der Waals surface area contributed by atoms with Crippen LogP contribution in [-0.4, -0.2) is 34.8 Å². The average Bonchev–Trinajstić information content (AvgIpc) is 3.16. The largest absolute Gasteiger partial charge is 0.324 e. The predicted molar refractivity (Wildman–Crippen MR) is 110 cm³/mol. The molecule has 1 aromatic heterocycles. The lowest BCUT2D eigenvalue weighted by atomic mass is 10.1. The second kappa shape index (κ2) is 7.37. The fourth-order valence-corrected chi connectivity index (χ4v) is 3.33. The highest BCUT2D eigenvalue weighted by atomic mass is 35.5. The number of guanidine groups is 1. The van der Waals surface area contributed by atoms with Crippen LogP contribution in [0, 0.1) is 0 Å². The standard InChI is InChI=1S/C21H19ClN4O/c1-2-14-7-9-18(16(22)13-14)25-21-23-11-12-26(21)20(27)19-10-8-15-5-3-4-6-17(15)24-19/h3-10,13H,2,11-12H2,1H3,(H,23,25). The van der Waals surface area contributed by atoms with Crippen LogP contribution in [-0.2, 0) is 6.42 Å². The predicted octanol–water partition coefficient (Wildman–Crippen LogP) is 4.37. The molecule has 0 atom stereocenters. The van der Waals surface area contributed by atoms with E-state index in [1.807, 2.05) is 48.5 Å². The zero-order chi connectivity index (χ0) is 18.8. The van der Waals surface area contributed by atoms with Crippen LogP contribution in [0.5, 0.6) is 0 Å². The number of hydrogen-bond acceptors (Lipinski definition) is 4. The normalized spacial score (nSPS) is 13.7.